The van der Waals surface area contributed by atoms with E-state index in [1.807, 2.05) is 35.8 Å². The lowest BCUT2D eigenvalue weighted by atomic mass is 9.89. The SMILES string of the molecule is CCn1c(-c2ccc(/C=C/C(=O)O)cc2)nc2c1c(=O)n(CC1CCCCC1)c(=O)n2CC1CCCCC1. The summed E-state index contributed by atoms with van der Waals surface area (Å²) < 4.78 is 5.22. The van der Waals surface area contributed by atoms with E-state index in [1.54, 1.807) is 10.6 Å². The Morgan fingerprint density at radius 2 is 1.47 bits per heavy atom. The van der Waals surface area contributed by atoms with Gasteiger partial charge in [-0.25, -0.2) is 14.6 Å². The second kappa shape index (κ2) is 11.5. The summed E-state index contributed by atoms with van der Waals surface area (Å²) in [5.74, 6) is 0.433. The first kappa shape index (κ1) is 26.2. The Kier molecular flexibility index (Phi) is 7.95. The van der Waals surface area contributed by atoms with Crippen LogP contribution < -0.4 is 11.2 Å². The van der Waals surface area contributed by atoms with Crippen molar-refractivity contribution in [1.82, 2.24) is 18.7 Å². The summed E-state index contributed by atoms with van der Waals surface area (Å²) in [7, 11) is 0. The van der Waals surface area contributed by atoms with Crippen molar-refractivity contribution in [3.63, 3.8) is 0 Å². The molecule has 5 rings (SSSR count). The van der Waals surface area contributed by atoms with Gasteiger partial charge in [-0.2, -0.15) is 0 Å². The largest absolute Gasteiger partial charge is 0.478 e. The number of imidazole rings is 1. The number of carbonyl (C=O) groups is 1. The Balaban J connectivity index is 1.64. The molecule has 0 atom stereocenters. The predicted molar refractivity (Wildman–Crippen MR) is 149 cm³/mol. The lowest BCUT2D eigenvalue weighted by Crippen LogP contribution is -2.43. The summed E-state index contributed by atoms with van der Waals surface area (Å²) in [6.45, 7) is 3.62. The molecule has 0 saturated heterocycles. The van der Waals surface area contributed by atoms with E-state index in [9.17, 15) is 14.4 Å². The van der Waals surface area contributed by atoms with Crippen LogP contribution in [0.2, 0.25) is 0 Å². The van der Waals surface area contributed by atoms with Crippen LogP contribution in [0.25, 0.3) is 28.6 Å². The molecule has 2 heterocycles. The van der Waals surface area contributed by atoms with Gasteiger partial charge < -0.3 is 9.67 Å². The molecular formula is C30H38N4O4. The molecule has 38 heavy (non-hydrogen) atoms. The first-order chi connectivity index (χ1) is 18.5. The number of carboxylic acids is 1. The zero-order valence-electron chi connectivity index (χ0n) is 22.3. The fraction of sp³-hybridized carbons (Fsp3) is 0.533. The van der Waals surface area contributed by atoms with Crippen LogP contribution in [-0.2, 0) is 24.4 Å². The maximum atomic E-state index is 13.9. The lowest BCUT2D eigenvalue weighted by molar-refractivity contribution is -0.131. The fourth-order valence-corrected chi connectivity index (χ4v) is 6.31. The Morgan fingerprint density at radius 1 is 0.895 bits per heavy atom. The van der Waals surface area contributed by atoms with Crippen molar-refractivity contribution >= 4 is 23.2 Å². The van der Waals surface area contributed by atoms with Gasteiger partial charge in [0, 0.05) is 31.3 Å². The minimum Gasteiger partial charge on any atom is -0.478 e. The van der Waals surface area contributed by atoms with Crippen molar-refractivity contribution in [3.05, 3.63) is 56.7 Å². The molecule has 8 nitrogen and oxygen atoms in total. The van der Waals surface area contributed by atoms with Crippen LogP contribution in [0.15, 0.2) is 39.9 Å². The van der Waals surface area contributed by atoms with Gasteiger partial charge in [0.2, 0.25) is 0 Å². The number of aliphatic carboxylic acids is 1. The molecule has 2 fully saturated rings. The Hall–Kier alpha value is -3.42. The third-order valence-electron chi connectivity index (χ3n) is 8.35. The second-order valence-electron chi connectivity index (χ2n) is 11.0. The number of carboxylic acid groups (broad SMARTS) is 1. The van der Waals surface area contributed by atoms with Gasteiger partial charge in [-0.05, 0) is 56.1 Å². The Labute approximate surface area is 222 Å². The summed E-state index contributed by atoms with van der Waals surface area (Å²) in [6.07, 6.45) is 14.1. The zero-order chi connectivity index (χ0) is 26.6. The molecule has 0 amide bonds. The van der Waals surface area contributed by atoms with Crippen LogP contribution in [0.1, 0.15) is 76.7 Å². The molecule has 1 N–H and O–H groups in total. The van der Waals surface area contributed by atoms with E-state index in [4.69, 9.17) is 10.1 Å². The summed E-state index contributed by atoms with van der Waals surface area (Å²) in [4.78, 5) is 43.6. The number of hydrogen-bond donors (Lipinski definition) is 1. The first-order valence-corrected chi connectivity index (χ1v) is 14.2. The van der Waals surface area contributed by atoms with E-state index in [-0.39, 0.29) is 11.2 Å². The van der Waals surface area contributed by atoms with E-state index in [2.05, 4.69) is 0 Å². The Bertz CT molecular complexity index is 1430. The standard InChI is InChI=1S/C30H38N4O4/c1-2-32-26-28(31-27(32)24-16-13-21(14-17-24)15-18-25(35)36)33(19-22-9-5-3-6-10-22)30(38)34(29(26)37)20-23-11-7-4-8-12-23/h13-18,22-23H,2-12,19-20H2,1H3,(H,35,36)/b18-15+. The van der Waals surface area contributed by atoms with Crippen LogP contribution in [0.4, 0.5) is 0 Å². The first-order valence-electron chi connectivity index (χ1n) is 14.2. The van der Waals surface area contributed by atoms with Gasteiger partial charge in [0.25, 0.3) is 5.56 Å². The normalized spacial score (nSPS) is 17.5. The number of aryl methyl sites for hydroxylation is 1. The molecule has 2 aliphatic rings. The Morgan fingerprint density at radius 3 is 2.03 bits per heavy atom. The number of benzene rings is 1. The summed E-state index contributed by atoms with van der Waals surface area (Å²) in [6, 6.07) is 7.45. The number of rotatable bonds is 8. The van der Waals surface area contributed by atoms with Gasteiger partial charge in [-0.1, -0.05) is 62.8 Å². The molecule has 2 saturated carbocycles. The number of hydrogen-bond acceptors (Lipinski definition) is 4. The highest BCUT2D eigenvalue weighted by Gasteiger charge is 2.26. The second-order valence-corrected chi connectivity index (χ2v) is 11.0. The predicted octanol–water partition coefficient (Wildman–Crippen LogP) is 5.31. The van der Waals surface area contributed by atoms with Crippen LogP contribution in [0.5, 0.6) is 0 Å². The number of aromatic nitrogens is 4. The molecule has 3 aromatic rings. The van der Waals surface area contributed by atoms with Gasteiger partial charge in [0.05, 0.1) is 0 Å². The molecule has 0 bridgehead atoms. The monoisotopic (exact) mass is 518 g/mol. The van der Waals surface area contributed by atoms with Crippen molar-refractivity contribution in [1.29, 1.82) is 0 Å². The lowest BCUT2D eigenvalue weighted by Gasteiger charge is -2.24. The smallest absolute Gasteiger partial charge is 0.332 e. The van der Waals surface area contributed by atoms with Crippen LogP contribution >= 0.6 is 0 Å². The highest BCUT2D eigenvalue weighted by molar-refractivity contribution is 5.85. The van der Waals surface area contributed by atoms with Gasteiger partial charge in [0.1, 0.15) is 5.82 Å². The van der Waals surface area contributed by atoms with Crippen LogP contribution in [-0.4, -0.2) is 29.8 Å². The maximum absolute atomic E-state index is 13.9. The zero-order valence-corrected chi connectivity index (χ0v) is 22.3. The molecule has 1 aromatic carbocycles. The minimum absolute atomic E-state index is 0.222. The minimum atomic E-state index is -0.998. The molecular weight excluding hydrogens is 480 g/mol. The van der Waals surface area contributed by atoms with E-state index >= 15 is 0 Å². The van der Waals surface area contributed by atoms with Gasteiger partial charge in [-0.15, -0.1) is 0 Å². The molecule has 0 aliphatic heterocycles. The third-order valence-corrected chi connectivity index (χ3v) is 8.35. The van der Waals surface area contributed by atoms with Crippen molar-refractivity contribution in [2.45, 2.75) is 90.8 Å². The van der Waals surface area contributed by atoms with E-state index in [0.29, 0.717) is 48.5 Å². The van der Waals surface area contributed by atoms with Gasteiger partial charge >= 0.3 is 11.7 Å². The fourth-order valence-electron chi connectivity index (χ4n) is 6.31. The number of nitrogens with zero attached hydrogens (tertiary/aromatic N) is 4. The van der Waals surface area contributed by atoms with E-state index < -0.39 is 5.97 Å². The van der Waals surface area contributed by atoms with Crippen LogP contribution in [0, 0.1) is 11.8 Å². The quantitative estimate of drug-likeness (QED) is 0.408. The summed E-state index contributed by atoms with van der Waals surface area (Å²) in [5.41, 5.74) is 2.11. The topological polar surface area (TPSA) is 99.1 Å². The highest BCUT2D eigenvalue weighted by atomic mass is 16.4. The van der Waals surface area contributed by atoms with Crippen LogP contribution in [0.3, 0.4) is 0 Å². The van der Waals surface area contributed by atoms with Crippen molar-refractivity contribution < 1.29 is 9.90 Å². The summed E-state index contributed by atoms with van der Waals surface area (Å²) >= 11 is 0. The molecule has 8 heteroatoms. The molecule has 0 spiro atoms. The van der Waals surface area contributed by atoms with Gasteiger partial charge in [-0.3, -0.25) is 13.9 Å². The van der Waals surface area contributed by atoms with E-state index in [0.717, 1.165) is 55.7 Å². The van der Waals surface area contributed by atoms with Crippen molar-refractivity contribution in [2.75, 3.05) is 0 Å². The highest BCUT2D eigenvalue weighted by Crippen LogP contribution is 2.28. The maximum Gasteiger partial charge on any atom is 0.332 e. The molecule has 202 valence electrons. The average molecular weight is 519 g/mol. The van der Waals surface area contributed by atoms with Gasteiger partial charge in [0.15, 0.2) is 11.2 Å². The van der Waals surface area contributed by atoms with E-state index in [1.165, 1.54) is 30.3 Å². The van der Waals surface area contributed by atoms with Crippen molar-refractivity contribution in [2.24, 2.45) is 11.8 Å². The molecule has 2 aromatic heterocycles. The third kappa shape index (κ3) is 5.40. The average Bonchev–Trinajstić information content (AvgIpc) is 3.33. The molecule has 2 aliphatic carbocycles. The summed E-state index contributed by atoms with van der Waals surface area (Å²) in [5, 5.41) is 8.91. The van der Waals surface area contributed by atoms with Crippen molar-refractivity contribution in [3.8, 4) is 11.4 Å². The molecule has 0 unspecified atom stereocenters. The molecule has 0 radical (unpaired) electrons. The number of fused-ring (bicyclic) bond motifs is 1.